The van der Waals surface area contributed by atoms with Gasteiger partial charge in [0, 0.05) is 51.8 Å². The molecule has 1 aromatic carbocycles. The Bertz CT molecular complexity index is 2030. The van der Waals surface area contributed by atoms with Gasteiger partial charge in [-0.05, 0) is 70.9 Å². The molecule has 0 radical (unpaired) electrons. The number of aliphatic hydroxyl groups is 1. The van der Waals surface area contributed by atoms with Gasteiger partial charge in [-0.2, -0.15) is 0 Å². The van der Waals surface area contributed by atoms with Gasteiger partial charge in [-0.15, -0.1) is 0 Å². The molecular weight excluding hydrogens is 853 g/mol. The second-order valence-corrected chi connectivity index (χ2v) is 18.4. The van der Waals surface area contributed by atoms with E-state index in [-0.39, 0.29) is 56.0 Å². The van der Waals surface area contributed by atoms with Crippen LogP contribution in [0.25, 0.3) is 0 Å². The summed E-state index contributed by atoms with van der Waals surface area (Å²) in [5, 5.41) is 22.4. The molecule has 0 unspecified atom stereocenters. The summed E-state index contributed by atoms with van der Waals surface area (Å²) in [6.07, 6.45) is 7.31. The van der Waals surface area contributed by atoms with Crippen LogP contribution in [-0.4, -0.2) is 160 Å². The fourth-order valence-corrected chi connectivity index (χ4v) is 8.60. The lowest BCUT2D eigenvalue weighted by Crippen LogP contribution is -2.58. The van der Waals surface area contributed by atoms with Crippen LogP contribution in [0.4, 0.5) is 10.5 Å². The molecule has 3 heterocycles. The molecule has 360 valence electrons. The van der Waals surface area contributed by atoms with Crippen molar-refractivity contribution in [3.05, 3.63) is 54.6 Å². The van der Waals surface area contributed by atoms with Crippen LogP contribution in [0.1, 0.15) is 96.0 Å². The molecule has 20 heteroatoms. The standard InChI is InChI=1S/C46H66N10O10/c1-7-15-32(39(59)43(63)49-25-36(57)56(28-37(58)53(5)6)30-18-12-9-13-19-30)50-40(60)31-26-54(45(65)66-46(2,3)4)27-34(31)51-42(62)35-20-14-23-55(35)44(64)38(29-16-10-8-11-17-29)52-41(61)33-24-47-21-22-48-33/h9,12-13,18-19,21-22,24,29,31-32,34-35,38-39,59H,7-8,10-11,14-17,20,23,25-28H2,1-6H3,(H,49,63)(H,50,60)(H,51,62)(H,52,61)/t31-,32+,34+,35+,38+,39+/m1/s1. The van der Waals surface area contributed by atoms with E-state index in [4.69, 9.17) is 4.74 Å². The van der Waals surface area contributed by atoms with Gasteiger partial charge in [-0.3, -0.25) is 38.5 Å². The summed E-state index contributed by atoms with van der Waals surface area (Å²) in [5.41, 5.74) is -0.379. The predicted molar refractivity (Wildman–Crippen MR) is 241 cm³/mol. The third-order valence-electron chi connectivity index (χ3n) is 12.1. The molecule has 1 aromatic heterocycles. The Hall–Kier alpha value is -6.18. The summed E-state index contributed by atoms with van der Waals surface area (Å²) >= 11 is 0. The van der Waals surface area contributed by atoms with Gasteiger partial charge in [-0.1, -0.05) is 50.8 Å². The van der Waals surface area contributed by atoms with Crippen molar-refractivity contribution in [2.45, 2.75) is 121 Å². The summed E-state index contributed by atoms with van der Waals surface area (Å²) < 4.78 is 5.61. The quantitative estimate of drug-likeness (QED) is 0.151. The molecule has 6 atom stereocenters. The zero-order valence-corrected chi connectivity index (χ0v) is 38.9. The number of likely N-dealkylation sites (N-methyl/N-ethyl adjacent to an activating group) is 1. The van der Waals surface area contributed by atoms with Crippen molar-refractivity contribution in [3.63, 3.8) is 0 Å². The highest BCUT2D eigenvalue weighted by Crippen LogP contribution is 2.30. The minimum absolute atomic E-state index is 0.0615. The average Bonchev–Trinajstić information content (AvgIpc) is 3.97. The number of hydrogen-bond donors (Lipinski definition) is 5. The molecule has 3 aliphatic rings. The summed E-state index contributed by atoms with van der Waals surface area (Å²) in [6.45, 7) is 6.02. The summed E-state index contributed by atoms with van der Waals surface area (Å²) in [5.74, 6) is -5.26. The van der Waals surface area contributed by atoms with Crippen molar-refractivity contribution in [2.75, 3.05) is 51.7 Å². The molecule has 2 aromatic rings. The Kier molecular flexibility index (Phi) is 18.0. The highest BCUT2D eigenvalue weighted by Gasteiger charge is 2.46. The summed E-state index contributed by atoms with van der Waals surface area (Å²) in [6, 6.07) is 4.51. The third-order valence-corrected chi connectivity index (χ3v) is 12.1. The number of nitrogens with zero attached hydrogens (tertiary/aromatic N) is 6. The zero-order chi connectivity index (χ0) is 48.1. The van der Waals surface area contributed by atoms with E-state index in [2.05, 4.69) is 31.2 Å². The molecule has 1 aliphatic carbocycles. The fraction of sp³-hybridized carbons (Fsp3) is 0.609. The van der Waals surface area contributed by atoms with Crippen LogP contribution < -0.4 is 26.2 Å². The molecule has 0 bridgehead atoms. The highest BCUT2D eigenvalue weighted by molar-refractivity contribution is 6.01. The predicted octanol–water partition coefficient (Wildman–Crippen LogP) is 1.38. The normalized spacial score (nSPS) is 20.0. The number of aliphatic hydroxyl groups excluding tert-OH is 1. The molecule has 1 saturated carbocycles. The maximum Gasteiger partial charge on any atom is 0.410 e. The maximum atomic E-state index is 14.4. The first-order chi connectivity index (χ1) is 31.4. The number of anilines is 1. The SMILES string of the molecule is CCC[C@H](NC(=O)[C@@H]1CN(C(=O)OC(C)(C)C)C[C@@H]1NC(=O)[C@@H]1CCCN1C(=O)[C@@H](NC(=O)c1cnccn1)C1CCCCC1)[C@H](O)C(=O)NCC(=O)N(CC(=O)N(C)C)c1ccccc1. The number of hydrogen-bond acceptors (Lipinski definition) is 12. The van der Waals surface area contributed by atoms with Crippen molar-refractivity contribution in [2.24, 2.45) is 11.8 Å². The first-order valence-corrected chi connectivity index (χ1v) is 22.9. The number of ether oxygens (including phenoxy) is 1. The Morgan fingerprint density at radius 1 is 0.894 bits per heavy atom. The van der Waals surface area contributed by atoms with E-state index >= 15 is 0 Å². The second-order valence-electron chi connectivity index (χ2n) is 18.4. The van der Waals surface area contributed by atoms with Gasteiger partial charge < -0.3 is 50.7 Å². The number of carbonyl (C=O) groups is 8. The summed E-state index contributed by atoms with van der Waals surface area (Å²) in [7, 11) is 3.11. The van der Waals surface area contributed by atoms with Crippen LogP contribution in [0.15, 0.2) is 48.9 Å². The average molecular weight is 919 g/mol. The highest BCUT2D eigenvalue weighted by atomic mass is 16.6. The molecule has 5 rings (SSSR count). The molecule has 20 nitrogen and oxygen atoms in total. The Labute approximate surface area is 385 Å². The second kappa shape index (κ2) is 23.3. The minimum Gasteiger partial charge on any atom is -0.444 e. The number of amides is 8. The van der Waals surface area contributed by atoms with Crippen LogP contribution in [0.2, 0.25) is 0 Å². The van der Waals surface area contributed by atoms with Crippen LogP contribution >= 0.6 is 0 Å². The van der Waals surface area contributed by atoms with Crippen LogP contribution in [0, 0.1) is 11.8 Å². The van der Waals surface area contributed by atoms with Crippen LogP contribution in [0.3, 0.4) is 0 Å². The molecule has 3 fully saturated rings. The zero-order valence-electron chi connectivity index (χ0n) is 38.9. The molecule has 66 heavy (non-hydrogen) atoms. The van der Waals surface area contributed by atoms with Crippen LogP contribution in [-0.2, 0) is 33.5 Å². The minimum atomic E-state index is -1.81. The number of benzene rings is 1. The number of likely N-dealkylation sites (tertiary alicyclic amines) is 2. The van der Waals surface area contributed by atoms with Gasteiger partial charge in [0.2, 0.25) is 29.5 Å². The van der Waals surface area contributed by atoms with E-state index in [1.54, 1.807) is 72.1 Å². The monoisotopic (exact) mass is 918 g/mol. The van der Waals surface area contributed by atoms with Gasteiger partial charge >= 0.3 is 6.09 Å². The molecular formula is C46H66N10O10. The van der Waals surface area contributed by atoms with Gasteiger partial charge in [0.25, 0.3) is 11.8 Å². The van der Waals surface area contributed by atoms with Crippen molar-refractivity contribution >= 4 is 53.1 Å². The van der Waals surface area contributed by atoms with Gasteiger partial charge in [0.15, 0.2) is 6.10 Å². The number of carbonyl (C=O) groups excluding carboxylic acids is 8. The molecule has 2 aliphatic heterocycles. The van der Waals surface area contributed by atoms with Crippen molar-refractivity contribution in [1.82, 2.24) is 45.9 Å². The topological polar surface area (TPSA) is 253 Å². The lowest BCUT2D eigenvalue weighted by atomic mass is 9.83. The number of aromatic nitrogens is 2. The molecule has 8 amide bonds. The van der Waals surface area contributed by atoms with Gasteiger partial charge in [0.1, 0.15) is 29.9 Å². The first-order valence-electron chi connectivity index (χ1n) is 22.9. The molecule has 5 N–H and O–H groups in total. The van der Waals surface area contributed by atoms with E-state index < -0.39 is 84.0 Å². The third kappa shape index (κ3) is 13.7. The molecule has 0 spiro atoms. The number of para-hydroxylation sites is 1. The van der Waals surface area contributed by atoms with E-state index in [1.807, 2.05) is 0 Å². The lowest BCUT2D eigenvalue weighted by molar-refractivity contribution is -0.141. The smallest absolute Gasteiger partial charge is 0.410 e. The largest absolute Gasteiger partial charge is 0.444 e. The van der Waals surface area contributed by atoms with Crippen LogP contribution in [0.5, 0.6) is 0 Å². The molecule has 2 saturated heterocycles. The van der Waals surface area contributed by atoms with E-state index in [0.717, 1.165) is 32.1 Å². The van der Waals surface area contributed by atoms with Crippen molar-refractivity contribution in [3.8, 4) is 0 Å². The Morgan fingerprint density at radius 2 is 1.61 bits per heavy atom. The van der Waals surface area contributed by atoms with Crippen molar-refractivity contribution in [1.29, 1.82) is 0 Å². The van der Waals surface area contributed by atoms with Gasteiger partial charge in [-0.25, -0.2) is 9.78 Å². The lowest BCUT2D eigenvalue weighted by Gasteiger charge is -2.35. The Balaban J connectivity index is 1.30. The van der Waals surface area contributed by atoms with Gasteiger partial charge in [0.05, 0.1) is 30.7 Å². The van der Waals surface area contributed by atoms with Crippen molar-refractivity contribution < 1.29 is 48.2 Å². The van der Waals surface area contributed by atoms with E-state index in [9.17, 15) is 43.5 Å². The Morgan fingerprint density at radius 3 is 2.24 bits per heavy atom. The van der Waals surface area contributed by atoms with E-state index in [1.165, 1.54) is 38.2 Å². The van der Waals surface area contributed by atoms with E-state index in [0.29, 0.717) is 24.9 Å². The fourth-order valence-electron chi connectivity index (χ4n) is 8.60. The summed E-state index contributed by atoms with van der Waals surface area (Å²) in [4.78, 5) is 122. The number of nitrogens with one attached hydrogen (secondary N) is 4. The maximum absolute atomic E-state index is 14.4. The first kappa shape index (κ1) is 50.8. The number of rotatable bonds is 17.